The molecular formula is C22H23FN4O3. The molecule has 4 rings (SSSR count). The highest BCUT2D eigenvalue weighted by molar-refractivity contribution is 6.01. The van der Waals surface area contributed by atoms with Gasteiger partial charge in [0.05, 0.1) is 31.2 Å². The Morgan fingerprint density at radius 2 is 2.23 bits per heavy atom. The number of imidazole rings is 1. The van der Waals surface area contributed by atoms with E-state index in [0.29, 0.717) is 48.7 Å². The van der Waals surface area contributed by atoms with Gasteiger partial charge in [-0.1, -0.05) is 0 Å². The third-order valence-electron chi connectivity index (χ3n) is 5.11. The number of methoxy groups -OCH3 is 1. The summed E-state index contributed by atoms with van der Waals surface area (Å²) in [5.41, 5.74) is 3.64. The lowest BCUT2D eigenvalue weighted by Crippen LogP contribution is -2.32. The Labute approximate surface area is 173 Å². The van der Waals surface area contributed by atoms with E-state index in [-0.39, 0.29) is 11.7 Å². The van der Waals surface area contributed by atoms with Crippen molar-refractivity contribution in [2.45, 2.75) is 6.42 Å². The molecule has 0 radical (unpaired) electrons. The zero-order valence-electron chi connectivity index (χ0n) is 16.9. The van der Waals surface area contributed by atoms with Crippen molar-refractivity contribution in [2.75, 3.05) is 38.8 Å². The summed E-state index contributed by atoms with van der Waals surface area (Å²) >= 11 is 0. The minimum atomic E-state index is -0.384. The van der Waals surface area contributed by atoms with Gasteiger partial charge in [-0.2, -0.15) is 0 Å². The topological polar surface area (TPSA) is 79.5 Å². The van der Waals surface area contributed by atoms with E-state index < -0.39 is 0 Å². The van der Waals surface area contributed by atoms with Gasteiger partial charge in [0.2, 0.25) is 0 Å². The fourth-order valence-electron chi connectivity index (χ4n) is 3.51. The van der Waals surface area contributed by atoms with Crippen molar-refractivity contribution >= 4 is 11.6 Å². The number of amides is 1. The first-order chi connectivity index (χ1) is 14.6. The zero-order valence-corrected chi connectivity index (χ0v) is 16.9. The molecule has 30 heavy (non-hydrogen) atoms. The third-order valence-corrected chi connectivity index (χ3v) is 5.11. The number of carbonyl (C=O) groups excluding carboxylic acids is 1. The van der Waals surface area contributed by atoms with Crippen molar-refractivity contribution < 1.29 is 18.7 Å². The number of fused-ring (bicyclic) bond motifs is 1. The van der Waals surface area contributed by atoms with Crippen LogP contribution in [0.3, 0.4) is 0 Å². The molecule has 3 aromatic rings. The van der Waals surface area contributed by atoms with Gasteiger partial charge in [-0.3, -0.25) is 4.79 Å². The van der Waals surface area contributed by atoms with Crippen molar-refractivity contribution in [3.63, 3.8) is 0 Å². The van der Waals surface area contributed by atoms with E-state index in [4.69, 9.17) is 9.47 Å². The molecule has 7 nitrogen and oxygen atoms in total. The van der Waals surface area contributed by atoms with Gasteiger partial charge in [-0.05, 0) is 29.8 Å². The average Bonchev–Trinajstić information content (AvgIpc) is 3.27. The van der Waals surface area contributed by atoms with Crippen LogP contribution in [-0.4, -0.2) is 49.7 Å². The number of hydrogen-bond acceptors (Lipinski definition) is 5. The number of aromatic nitrogens is 2. The van der Waals surface area contributed by atoms with Gasteiger partial charge >= 0.3 is 0 Å². The van der Waals surface area contributed by atoms with Crippen LogP contribution in [0.1, 0.15) is 16.1 Å². The van der Waals surface area contributed by atoms with Crippen LogP contribution in [0.15, 0.2) is 42.9 Å². The first kappa shape index (κ1) is 19.8. The normalized spacial score (nSPS) is 12.8. The van der Waals surface area contributed by atoms with Crippen molar-refractivity contribution in [1.82, 2.24) is 15.3 Å². The van der Waals surface area contributed by atoms with Gasteiger partial charge in [-0.15, -0.1) is 0 Å². The first-order valence-electron chi connectivity index (χ1n) is 9.68. The molecule has 1 aromatic heterocycles. The van der Waals surface area contributed by atoms with Gasteiger partial charge in [0.1, 0.15) is 18.2 Å². The summed E-state index contributed by atoms with van der Waals surface area (Å²) in [5, 5.41) is 2.94. The number of rotatable bonds is 6. The second kappa shape index (κ2) is 8.44. The molecule has 2 aromatic carbocycles. The van der Waals surface area contributed by atoms with E-state index in [1.54, 1.807) is 24.7 Å². The van der Waals surface area contributed by atoms with E-state index in [0.717, 1.165) is 16.9 Å². The smallest absolute Gasteiger partial charge is 0.255 e. The number of nitrogens with one attached hydrogen (secondary N) is 2. The number of nitrogens with zero attached hydrogens (tertiary/aromatic N) is 2. The maximum absolute atomic E-state index is 13.7. The fourth-order valence-corrected chi connectivity index (χ4v) is 3.51. The van der Waals surface area contributed by atoms with Gasteiger partial charge < -0.3 is 24.7 Å². The van der Waals surface area contributed by atoms with Crippen molar-refractivity contribution in [1.29, 1.82) is 0 Å². The van der Waals surface area contributed by atoms with Crippen molar-refractivity contribution in [2.24, 2.45) is 0 Å². The largest absolute Gasteiger partial charge is 0.496 e. The summed E-state index contributed by atoms with van der Waals surface area (Å²) in [7, 11) is 3.45. The Morgan fingerprint density at radius 3 is 3.00 bits per heavy atom. The molecular weight excluding hydrogens is 387 g/mol. The minimum absolute atomic E-state index is 0.232. The Kier molecular flexibility index (Phi) is 5.56. The van der Waals surface area contributed by atoms with E-state index >= 15 is 0 Å². The van der Waals surface area contributed by atoms with Crippen LogP contribution in [-0.2, 0) is 6.42 Å². The standard InChI is InChI=1S/C22H23FN4O3/c1-27-7-8-30-21-18(22(28)25-6-5-16-12-24-13-26-16)9-14(10-19(21)27)17-4-3-15(23)11-20(17)29-2/h3-4,9-13H,5-8H2,1-2H3,(H,24,26)(H,25,28). The van der Waals surface area contributed by atoms with Crippen molar-refractivity contribution in [3.05, 3.63) is 59.9 Å². The molecule has 1 aliphatic heterocycles. The SMILES string of the molecule is COc1cc(F)ccc1-c1cc(C(=O)NCCc2cnc[nH]2)c2c(c1)N(C)CCO2. The molecule has 156 valence electrons. The molecule has 0 spiro atoms. The third kappa shape index (κ3) is 3.94. The average molecular weight is 410 g/mol. The molecule has 0 saturated carbocycles. The van der Waals surface area contributed by atoms with Gasteiger partial charge in [0, 0.05) is 43.5 Å². The summed E-state index contributed by atoms with van der Waals surface area (Å²) in [6.07, 6.45) is 3.98. The molecule has 1 amide bonds. The van der Waals surface area contributed by atoms with Gasteiger partial charge in [0.25, 0.3) is 5.91 Å². The van der Waals surface area contributed by atoms with E-state index in [1.165, 1.54) is 19.2 Å². The van der Waals surface area contributed by atoms with Crippen LogP contribution >= 0.6 is 0 Å². The van der Waals surface area contributed by atoms with Crippen LogP contribution in [0.25, 0.3) is 11.1 Å². The highest BCUT2D eigenvalue weighted by Gasteiger charge is 2.24. The molecule has 0 fully saturated rings. The predicted octanol–water partition coefficient (Wildman–Crippen LogP) is 3.03. The summed E-state index contributed by atoms with van der Waals surface area (Å²) < 4.78 is 24.9. The second-order valence-corrected chi connectivity index (χ2v) is 7.07. The number of carbonyl (C=O) groups is 1. The predicted molar refractivity (Wildman–Crippen MR) is 112 cm³/mol. The van der Waals surface area contributed by atoms with E-state index in [2.05, 4.69) is 15.3 Å². The van der Waals surface area contributed by atoms with Crippen LogP contribution in [0.2, 0.25) is 0 Å². The van der Waals surface area contributed by atoms with Crippen LogP contribution in [0.4, 0.5) is 10.1 Å². The molecule has 8 heteroatoms. The number of halogens is 1. The first-order valence-corrected chi connectivity index (χ1v) is 9.68. The molecule has 0 bridgehead atoms. The lowest BCUT2D eigenvalue weighted by Gasteiger charge is -2.30. The van der Waals surface area contributed by atoms with E-state index in [9.17, 15) is 9.18 Å². The highest BCUT2D eigenvalue weighted by Crippen LogP contribution is 2.41. The molecule has 2 N–H and O–H groups in total. The zero-order chi connectivity index (χ0) is 21.1. The lowest BCUT2D eigenvalue weighted by atomic mass is 9.98. The van der Waals surface area contributed by atoms with Crippen molar-refractivity contribution in [3.8, 4) is 22.6 Å². The quantitative estimate of drug-likeness (QED) is 0.653. The number of likely N-dealkylation sites (N-methyl/N-ethyl adjacent to an activating group) is 1. The number of benzene rings is 2. The number of ether oxygens (including phenoxy) is 2. The van der Waals surface area contributed by atoms with Crippen LogP contribution in [0.5, 0.6) is 11.5 Å². The summed E-state index contributed by atoms with van der Waals surface area (Å²) in [4.78, 5) is 22.1. The van der Waals surface area contributed by atoms with Crippen LogP contribution in [0, 0.1) is 5.82 Å². The number of aromatic amines is 1. The Balaban J connectivity index is 1.69. The molecule has 0 saturated heterocycles. The Hall–Kier alpha value is -3.55. The number of H-pyrrole nitrogens is 1. The molecule has 0 atom stereocenters. The summed E-state index contributed by atoms with van der Waals surface area (Å²) in [5.74, 6) is 0.335. The Morgan fingerprint density at radius 1 is 1.37 bits per heavy atom. The fraction of sp³-hybridized carbons (Fsp3) is 0.273. The van der Waals surface area contributed by atoms with Gasteiger partial charge in [-0.25, -0.2) is 9.37 Å². The maximum atomic E-state index is 13.7. The Bertz CT molecular complexity index is 1050. The molecule has 0 aliphatic carbocycles. The summed E-state index contributed by atoms with van der Waals surface area (Å²) in [6.45, 7) is 1.66. The molecule has 1 aliphatic rings. The second-order valence-electron chi connectivity index (χ2n) is 7.07. The lowest BCUT2D eigenvalue weighted by molar-refractivity contribution is 0.0950. The van der Waals surface area contributed by atoms with Crippen LogP contribution < -0.4 is 19.7 Å². The number of anilines is 1. The number of hydrogen-bond donors (Lipinski definition) is 2. The molecule has 0 unspecified atom stereocenters. The molecule has 2 heterocycles. The highest BCUT2D eigenvalue weighted by atomic mass is 19.1. The summed E-state index contributed by atoms with van der Waals surface area (Å²) in [6, 6.07) is 8.06. The van der Waals surface area contributed by atoms with Gasteiger partial charge in [0.15, 0.2) is 5.75 Å². The maximum Gasteiger partial charge on any atom is 0.255 e. The minimum Gasteiger partial charge on any atom is -0.496 e. The van der Waals surface area contributed by atoms with E-state index in [1.807, 2.05) is 18.0 Å². The monoisotopic (exact) mass is 410 g/mol.